The summed E-state index contributed by atoms with van der Waals surface area (Å²) in [5.74, 6) is 2.09. The van der Waals surface area contributed by atoms with Crippen LogP contribution in [0.2, 0.25) is 0 Å². The maximum atomic E-state index is 6.94. The molecule has 6 heteroatoms. The molecular weight excluding hydrogens is 476 g/mol. The van der Waals surface area contributed by atoms with Gasteiger partial charge in [-0.05, 0) is 24.3 Å². The van der Waals surface area contributed by atoms with Crippen molar-refractivity contribution < 1.29 is 18.9 Å². The molecule has 0 N–H and O–H groups in total. The molecule has 2 aromatic heterocycles. The molecule has 8 rings (SSSR count). The lowest BCUT2D eigenvalue weighted by Crippen LogP contribution is -2.35. The first-order chi connectivity index (χ1) is 17.2. The van der Waals surface area contributed by atoms with Gasteiger partial charge in [0, 0.05) is 24.3 Å². The molecule has 0 amide bonds. The highest BCUT2D eigenvalue weighted by Gasteiger charge is 2.57. The van der Waals surface area contributed by atoms with Crippen LogP contribution in [0.15, 0.2) is 72.8 Å². The summed E-state index contributed by atoms with van der Waals surface area (Å²) in [6.07, 6.45) is 0. The maximum Gasteiger partial charge on any atom is 0.309 e. The molecule has 0 aliphatic carbocycles. The quantitative estimate of drug-likeness (QED) is 0.181. The number of benzene rings is 4. The Kier molecular flexibility index (Phi) is 3.73. The van der Waals surface area contributed by atoms with Gasteiger partial charge in [-0.1, -0.05) is 24.3 Å². The average Bonchev–Trinajstić information content (AvgIpc) is 3.40. The SMILES string of the molecule is COc1cccc2[s+]c3cccc4c3c(c12)C1(O4)Oc2cccc3[s+]c4cccc(OC)c4c1c23. The Labute approximate surface area is 208 Å². The van der Waals surface area contributed by atoms with E-state index in [0.717, 1.165) is 74.5 Å². The lowest BCUT2D eigenvalue weighted by molar-refractivity contribution is -0.0615. The number of ether oxygens (including phenoxy) is 4. The van der Waals surface area contributed by atoms with Crippen molar-refractivity contribution in [2.24, 2.45) is 0 Å². The first-order valence-corrected chi connectivity index (χ1v) is 13.0. The molecule has 0 saturated heterocycles. The van der Waals surface area contributed by atoms with Crippen molar-refractivity contribution in [3.63, 3.8) is 0 Å². The lowest BCUT2D eigenvalue weighted by atomic mass is 9.91. The Morgan fingerprint density at radius 2 is 0.943 bits per heavy atom. The van der Waals surface area contributed by atoms with Gasteiger partial charge in [0.15, 0.2) is 0 Å². The molecular formula is C29H18O4S2+2. The summed E-state index contributed by atoms with van der Waals surface area (Å²) in [5.41, 5.74) is 1.99. The van der Waals surface area contributed by atoms with Gasteiger partial charge in [0.2, 0.25) is 41.5 Å². The monoisotopic (exact) mass is 494 g/mol. The van der Waals surface area contributed by atoms with Crippen LogP contribution < -0.4 is 18.9 Å². The van der Waals surface area contributed by atoms with Gasteiger partial charge in [0.25, 0.3) is 0 Å². The van der Waals surface area contributed by atoms with Crippen molar-refractivity contribution in [3.05, 3.63) is 83.9 Å². The maximum absolute atomic E-state index is 6.94. The fourth-order valence-corrected chi connectivity index (χ4v) is 7.96. The van der Waals surface area contributed by atoms with E-state index < -0.39 is 5.79 Å². The molecule has 2 aliphatic rings. The van der Waals surface area contributed by atoms with Gasteiger partial charge in [0.1, 0.15) is 23.0 Å². The van der Waals surface area contributed by atoms with Crippen LogP contribution >= 0.6 is 22.7 Å². The molecule has 0 radical (unpaired) electrons. The van der Waals surface area contributed by atoms with Crippen LogP contribution in [0.5, 0.6) is 23.0 Å². The summed E-state index contributed by atoms with van der Waals surface area (Å²) in [5, 5.41) is 4.19. The van der Waals surface area contributed by atoms with Crippen molar-refractivity contribution >= 4 is 63.0 Å². The van der Waals surface area contributed by atoms with E-state index in [1.807, 2.05) is 48.5 Å². The molecule has 1 spiro atoms. The third-order valence-electron chi connectivity index (χ3n) is 7.00. The zero-order valence-electron chi connectivity index (χ0n) is 18.9. The van der Waals surface area contributed by atoms with Gasteiger partial charge in [-0.3, -0.25) is 0 Å². The molecule has 0 fully saturated rings. The zero-order chi connectivity index (χ0) is 23.3. The normalized spacial score (nSPS) is 14.7. The molecule has 35 heavy (non-hydrogen) atoms. The first kappa shape index (κ1) is 19.6. The van der Waals surface area contributed by atoms with E-state index in [9.17, 15) is 0 Å². The topological polar surface area (TPSA) is 36.9 Å². The Bertz CT molecular complexity index is 1760. The fraction of sp³-hybridized carbons (Fsp3) is 0.103. The summed E-state index contributed by atoms with van der Waals surface area (Å²) >= 11 is 3.48. The molecule has 6 aromatic rings. The molecule has 168 valence electrons. The van der Waals surface area contributed by atoms with Crippen LogP contribution in [0.25, 0.3) is 40.3 Å². The van der Waals surface area contributed by atoms with Gasteiger partial charge in [-0.15, -0.1) is 0 Å². The molecule has 4 nitrogen and oxygen atoms in total. The van der Waals surface area contributed by atoms with Gasteiger partial charge >= 0.3 is 5.79 Å². The minimum atomic E-state index is -1.16. The minimum Gasteiger partial charge on any atom is -0.496 e. The summed E-state index contributed by atoms with van der Waals surface area (Å²) in [6.45, 7) is 0. The first-order valence-electron chi connectivity index (χ1n) is 11.3. The Balaban J connectivity index is 1.64. The number of hydrogen-bond acceptors (Lipinski definition) is 4. The summed E-state index contributed by atoms with van der Waals surface area (Å²) in [7, 11) is 3.44. The second-order valence-electron chi connectivity index (χ2n) is 8.70. The molecule has 0 atom stereocenters. The van der Waals surface area contributed by atoms with Gasteiger partial charge in [-0.2, -0.15) is 0 Å². The highest BCUT2D eigenvalue weighted by atomic mass is 32.1. The standard InChI is InChI=1S/C29H18O4S2/c1-30-15-7-3-11-19-23(15)27-25-17(9-5-13-21(25)34-19)32-29(27)28-24-16(31-2)8-4-12-20(24)35-22-14-6-10-18(33-29)26(22)28/h3-14H,1-2H3/q+2. The Morgan fingerprint density at radius 3 is 1.37 bits per heavy atom. The zero-order valence-corrected chi connectivity index (χ0v) is 20.5. The largest absolute Gasteiger partial charge is 0.496 e. The lowest BCUT2D eigenvalue weighted by Gasteiger charge is -2.27. The Morgan fingerprint density at radius 1 is 0.543 bits per heavy atom. The van der Waals surface area contributed by atoms with E-state index in [0.29, 0.717) is 0 Å². The van der Waals surface area contributed by atoms with E-state index in [4.69, 9.17) is 18.9 Å². The second kappa shape index (κ2) is 6.68. The van der Waals surface area contributed by atoms with Gasteiger partial charge in [-0.25, -0.2) is 0 Å². The van der Waals surface area contributed by atoms with Crippen LogP contribution in [0.3, 0.4) is 0 Å². The van der Waals surface area contributed by atoms with Crippen molar-refractivity contribution in [2.45, 2.75) is 5.79 Å². The van der Waals surface area contributed by atoms with Crippen molar-refractivity contribution in [2.75, 3.05) is 14.2 Å². The van der Waals surface area contributed by atoms with Gasteiger partial charge in [0.05, 0.1) is 46.9 Å². The smallest absolute Gasteiger partial charge is 0.309 e. The second-order valence-corrected chi connectivity index (χ2v) is 10.9. The van der Waals surface area contributed by atoms with Crippen LogP contribution in [0, 0.1) is 0 Å². The third kappa shape index (κ3) is 2.31. The van der Waals surface area contributed by atoms with E-state index in [1.54, 1.807) is 36.9 Å². The predicted molar refractivity (Wildman–Crippen MR) is 143 cm³/mol. The fourth-order valence-electron chi connectivity index (χ4n) is 5.68. The Hall–Kier alpha value is -3.74. The summed E-state index contributed by atoms with van der Waals surface area (Å²) in [4.78, 5) is 0. The van der Waals surface area contributed by atoms with Crippen LogP contribution in [0.1, 0.15) is 11.1 Å². The van der Waals surface area contributed by atoms with E-state index >= 15 is 0 Å². The number of methoxy groups -OCH3 is 2. The summed E-state index contributed by atoms with van der Waals surface area (Å²) < 4.78 is 30.2. The molecule has 4 aromatic carbocycles. The number of rotatable bonds is 2. The van der Waals surface area contributed by atoms with E-state index in [2.05, 4.69) is 24.3 Å². The molecule has 2 aliphatic heterocycles. The predicted octanol–water partition coefficient (Wildman–Crippen LogP) is 7.99. The molecule has 0 saturated carbocycles. The molecule has 4 heterocycles. The third-order valence-corrected chi connectivity index (χ3v) is 9.24. The highest BCUT2D eigenvalue weighted by Crippen LogP contribution is 2.61. The molecule has 0 bridgehead atoms. The van der Waals surface area contributed by atoms with Crippen LogP contribution in [-0.4, -0.2) is 14.2 Å². The van der Waals surface area contributed by atoms with Crippen molar-refractivity contribution in [3.8, 4) is 23.0 Å². The summed E-state index contributed by atoms with van der Waals surface area (Å²) in [6, 6.07) is 24.8. The van der Waals surface area contributed by atoms with E-state index in [1.165, 1.54) is 0 Å². The van der Waals surface area contributed by atoms with Crippen molar-refractivity contribution in [1.29, 1.82) is 0 Å². The van der Waals surface area contributed by atoms with Crippen LogP contribution in [0.4, 0.5) is 0 Å². The van der Waals surface area contributed by atoms with Crippen LogP contribution in [-0.2, 0) is 5.79 Å². The average molecular weight is 495 g/mol. The number of hydrogen-bond donors (Lipinski definition) is 0. The molecule has 0 unspecified atom stereocenters. The van der Waals surface area contributed by atoms with E-state index in [-0.39, 0.29) is 0 Å². The van der Waals surface area contributed by atoms with Crippen molar-refractivity contribution in [1.82, 2.24) is 0 Å². The van der Waals surface area contributed by atoms with Gasteiger partial charge < -0.3 is 18.9 Å². The minimum absolute atomic E-state index is 0.807. The highest BCUT2D eigenvalue weighted by molar-refractivity contribution is 7.25. The number of fused-ring (bicyclic) bond motifs is 6.